The molecule has 0 N–H and O–H groups in total. The van der Waals surface area contributed by atoms with Crippen LogP contribution in [0.25, 0.3) is 0 Å². The third-order valence-corrected chi connectivity index (χ3v) is 6.75. The van der Waals surface area contributed by atoms with Gasteiger partial charge in [0, 0.05) is 22.7 Å². The fourth-order valence-corrected chi connectivity index (χ4v) is 6.16. The van der Waals surface area contributed by atoms with Crippen LogP contribution in [0.3, 0.4) is 0 Å². The number of rotatable bonds is 1. The lowest BCUT2D eigenvalue weighted by molar-refractivity contribution is 0.212. The summed E-state index contributed by atoms with van der Waals surface area (Å²) in [4.78, 5) is 4.81. The standard InChI is InChI=1S/C14H14Cl3N/c1-3-7-4-6(2)9-8-5-13(16,17)14(8)10(12(14)15)11(9)18-7/h4,8,10,12H,3,5H2,1-2H3/t8-,10+,12-,14?/m1/s1. The second-order valence-electron chi connectivity index (χ2n) is 5.86. The molecule has 0 bridgehead atoms. The minimum Gasteiger partial charge on any atom is -0.257 e. The highest BCUT2D eigenvalue weighted by Gasteiger charge is 2.87. The summed E-state index contributed by atoms with van der Waals surface area (Å²) in [6.45, 7) is 4.30. The van der Waals surface area contributed by atoms with Gasteiger partial charge in [-0.1, -0.05) is 6.92 Å². The second-order valence-corrected chi connectivity index (χ2v) is 7.81. The van der Waals surface area contributed by atoms with Crippen molar-refractivity contribution in [1.82, 2.24) is 4.98 Å². The Balaban J connectivity index is 1.91. The Morgan fingerprint density at radius 3 is 2.78 bits per heavy atom. The van der Waals surface area contributed by atoms with Crippen LogP contribution in [0.15, 0.2) is 6.07 Å². The van der Waals surface area contributed by atoms with E-state index in [0.717, 1.165) is 18.5 Å². The van der Waals surface area contributed by atoms with Crippen LogP contribution >= 0.6 is 34.8 Å². The lowest BCUT2D eigenvalue weighted by Gasteiger charge is -2.47. The highest BCUT2D eigenvalue weighted by atomic mass is 35.5. The molecule has 3 aliphatic rings. The van der Waals surface area contributed by atoms with Crippen LogP contribution in [0, 0.1) is 12.3 Å². The Bertz CT molecular complexity index is 568. The SMILES string of the molecule is CCc1cc(C)c2c(n1)[C@H]1[C@@H](Cl)C13[C@@H]2CC3(Cl)Cl. The van der Waals surface area contributed by atoms with E-state index in [-0.39, 0.29) is 16.7 Å². The normalized spacial score (nSPS) is 41.7. The van der Waals surface area contributed by atoms with Crippen LogP contribution in [0.5, 0.6) is 0 Å². The highest BCUT2D eigenvalue weighted by molar-refractivity contribution is 6.51. The molecule has 4 heteroatoms. The first kappa shape index (κ1) is 11.8. The molecule has 0 aliphatic heterocycles. The molecule has 0 aromatic carbocycles. The summed E-state index contributed by atoms with van der Waals surface area (Å²) in [5.74, 6) is 0.696. The van der Waals surface area contributed by atoms with Crippen molar-refractivity contribution in [3.8, 4) is 0 Å². The van der Waals surface area contributed by atoms with Crippen LogP contribution in [0.2, 0.25) is 0 Å². The molecule has 1 spiro atoms. The third-order valence-electron chi connectivity index (χ3n) is 5.18. The Labute approximate surface area is 122 Å². The smallest absolute Gasteiger partial charge is 0.127 e. The maximum atomic E-state index is 6.49. The van der Waals surface area contributed by atoms with Gasteiger partial charge in [-0.15, -0.1) is 34.8 Å². The molecule has 4 rings (SSSR count). The molecule has 1 aromatic rings. The first-order valence-corrected chi connectivity index (χ1v) is 7.66. The monoisotopic (exact) mass is 301 g/mol. The van der Waals surface area contributed by atoms with Crippen LogP contribution < -0.4 is 0 Å². The van der Waals surface area contributed by atoms with Gasteiger partial charge < -0.3 is 0 Å². The number of aromatic nitrogens is 1. The minimum atomic E-state index is -0.658. The first-order valence-electron chi connectivity index (χ1n) is 6.47. The molecule has 96 valence electrons. The molecule has 2 fully saturated rings. The summed E-state index contributed by atoms with van der Waals surface area (Å²) in [5, 5.41) is 0.0674. The second kappa shape index (κ2) is 3.19. The number of aryl methyl sites for hydroxylation is 2. The van der Waals surface area contributed by atoms with E-state index < -0.39 is 4.33 Å². The first-order chi connectivity index (χ1) is 8.45. The van der Waals surface area contributed by atoms with Gasteiger partial charge in [-0.3, -0.25) is 4.98 Å². The maximum absolute atomic E-state index is 6.49. The number of nitrogens with zero attached hydrogens (tertiary/aromatic N) is 1. The average Bonchev–Trinajstić information content (AvgIpc) is 2.86. The van der Waals surface area contributed by atoms with Gasteiger partial charge in [-0.2, -0.15) is 0 Å². The number of alkyl halides is 3. The van der Waals surface area contributed by atoms with Gasteiger partial charge in [0.05, 0.1) is 5.38 Å². The molecule has 3 aliphatic carbocycles. The van der Waals surface area contributed by atoms with E-state index in [1.807, 2.05) is 0 Å². The van der Waals surface area contributed by atoms with E-state index in [9.17, 15) is 0 Å². The van der Waals surface area contributed by atoms with Gasteiger partial charge in [-0.05, 0) is 42.9 Å². The number of hydrogen-bond acceptors (Lipinski definition) is 1. The summed E-state index contributed by atoms with van der Waals surface area (Å²) in [7, 11) is 0. The molecule has 0 radical (unpaired) electrons. The van der Waals surface area contributed by atoms with Crippen molar-refractivity contribution >= 4 is 34.8 Å². The molecular formula is C14H14Cl3N. The Hall–Kier alpha value is 0.0200. The zero-order valence-corrected chi connectivity index (χ0v) is 12.6. The molecular weight excluding hydrogens is 289 g/mol. The molecule has 1 unspecified atom stereocenters. The molecule has 2 saturated carbocycles. The van der Waals surface area contributed by atoms with Crippen molar-refractivity contribution in [2.75, 3.05) is 0 Å². The molecule has 0 amide bonds. The fraction of sp³-hybridized carbons (Fsp3) is 0.643. The summed E-state index contributed by atoms with van der Waals surface area (Å²) < 4.78 is -0.658. The largest absolute Gasteiger partial charge is 0.257 e. The zero-order valence-electron chi connectivity index (χ0n) is 10.3. The van der Waals surface area contributed by atoms with Gasteiger partial charge in [-0.25, -0.2) is 0 Å². The quantitative estimate of drug-likeness (QED) is 0.704. The lowest BCUT2D eigenvalue weighted by atomic mass is 9.67. The Morgan fingerprint density at radius 1 is 1.44 bits per heavy atom. The minimum absolute atomic E-state index is 0.0674. The van der Waals surface area contributed by atoms with Gasteiger partial charge in [0.2, 0.25) is 0 Å². The summed E-state index contributed by atoms with van der Waals surface area (Å²) in [5.41, 5.74) is 4.92. The van der Waals surface area contributed by atoms with Crippen molar-refractivity contribution in [3.63, 3.8) is 0 Å². The molecule has 1 nitrogen and oxygen atoms in total. The Kier molecular flexibility index (Phi) is 2.09. The molecule has 1 aromatic heterocycles. The van der Waals surface area contributed by atoms with Crippen molar-refractivity contribution in [2.24, 2.45) is 5.41 Å². The number of fused-ring (bicyclic) bond motifs is 3. The van der Waals surface area contributed by atoms with Gasteiger partial charge in [0.1, 0.15) is 4.33 Å². The predicted molar refractivity (Wildman–Crippen MR) is 75.0 cm³/mol. The Morgan fingerprint density at radius 2 is 2.17 bits per heavy atom. The van der Waals surface area contributed by atoms with Crippen LogP contribution in [-0.4, -0.2) is 14.7 Å². The van der Waals surface area contributed by atoms with E-state index in [1.165, 1.54) is 16.8 Å². The number of pyridine rings is 1. The number of hydrogen-bond donors (Lipinski definition) is 0. The van der Waals surface area contributed by atoms with E-state index in [0.29, 0.717) is 5.92 Å². The van der Waals surface area contributed by atoms with E-state index in [4.69, 9.17) is 39.8 Å². The maximum Gasteiger partial charge on any atom is 0.127 e. The summed E-state index contributed by atoms with van der Waals surface area (Å²) in [6.07, 6.45) is 1.77. The van der Waals surface area contributed by atoms with Crippen LogP contribution in [-0.2, 0) is 6.42 Å². The average molecular weight is 303 g/mol. The number of halogens is 3. The molecule has 4 atom stereocenters. The molecule has 0 saturated heterocycles. The highest BCUT2D eigenvalue weighted by Crippen LogP contribution is 2.88. The van der Waals surface area contributed by atoms with Crippen molar-refractivity contribution < 1.29 is 0 Å². The third kappa shape index (κ3) is 1.00. The van der Waals surface area contributed by atoms with Crippen molar-refractivity contribution in [1.29, 1.82) is 0 Å². The van der Waals surface area contributed by atoms with Gasteiger partial charge in [0.15, 0.2) is 0 Å². The van der Waals surface area contributed by atoms with E-state index >= 15 is 0 Å². The summed E-state index contributed by atoms with van der Waals surface area (Å²) in [6, 6.07) is 2.20. The van der Waals surface area contributed by atoms with Gasteiger partial charge >= 0.3 is 0 Å². The summed E-state index contributed by atoms with van der Waals surface area (Å²) >= 11 is 19.4. The lowest BCUT2D eigenvalue weighted by Crippen LogP contribution is -2.47. The van der Waals surface area contributed by atoms with Crippen LogP contribution in [0.4, 0.5) is 0 Å². The molecule has 1 heterocycles. The topological polar surface area (TPSA) is 12.9 Å². The van der Waals surface area contributed by atoms with Crippen molar-refractivity contribution in [3.05, 3.63) is 28.6 Å². The molecule has 18 heavy (non-hydrogen) atoms. The van der Waals surface area contributed by atoms with Gasteiger partial charge in [0.25, 0.3) is 0 Å². The van der Waals surface area contributed by atoms with E-state index in [1.54, 1.807) is 0 Å². The van der Waals surface area contributed by atoms with Crippen LogP contribution in [0.1, 0.15) is 47.7 Å². The van der Waals surface area contributed by atoms with Crippen molar-refractivity contribution in [2.45, 2.75) is 48.2 Å². The zero-order chi connectivity index (χ0) is 12.9. The van der Waals surface area contributed by atoms with E-state index in [2.05, 4.69) is 19.9 Å². The fourth-order valence-electron chi connectivity index (χ4n) is 4.28. The predicted octanol–water partition coefficient (Wildman–Crippen LogP) is 4.32.